The van der Waals surface area contributed by atoms with E-state index in [2.05, 4.69) is 39.1 Å². The topological polar surface area (TPSA) is 95.6 Å². The second-order valence-electron chi connectivity index (χ2n) is 8.53. The average Bonchev–Trinajstić information content (AvgIpc) is 2.83. The molecule has 3 aromatic rings. The first-order valence-electron chi connectivity index (χ1n) is 11.1. The third-order valence-corrected chi connectivity index (χ3v) is 6.46. The zero-order chi connectivity index (χ0) is 22.1. The van der Waals surface area contributed by atoms with Gasteiger partial charge in [-0.05, 0) is 24.0 Å². The van der Waals surface area contributed by atoms with Crippen LogP contribution in [0.5, 0.6) is 0 Å². The van der Waals surface area contributed by atoms with Gasteiger partial charge in [0.25, 0.3) is 5.91 Å². The highest BCUT2D eigenvalue weighted by Gasteiger charge is 2.35. The number of carbonyl (C=O) groups is 1. The summed E-state index contributed by atoms with van der Waals surface area (Å²) in [5.74, 6) is 0.457. The van der Waals surface area contributed by atoms with Crippen molar-refractivity contribution < 1.29 is 9.90 Å². The highest BCUT2D eigenvalue weighted by molar-refractivity contribution is 5.93. The second kappa shape index (κ2) is 8.68. The lowest BCUT2D eigenvalue weighted by molar-refractivity contribution is -0.0139. The molecule has 7 heteroatoms. The van der Waals surface area contributed by atoms with Gasteiger partial charge in [0.15, 0.2) is 5.82 Å². The summed E-state index contributed by atoms with van der Waals surface area (Å²) < 4.78 is 0. The molecule has 2 aliphatic heterocycles. The Balaban J connectivity index is 1.29. The van der Waals surface area contributed by atoms with Crippen molar-refractivity contribution in [2.45, 2.75) is 31.5 Å². The Morgan fingerprint density at radius 1 is 1.00 bits per heavy atom. The SMILES string of the molecule is Nc1cc(C(=O)N2CC[C@H](N3CCc4ccccc4C3)[C@@H](O)C2)nc(-c2ccccc2)n1. The number of hydrogen-bond donors (Lipinski definition) is 2. The highest BCUT2D eigenvalue weighted by Crippen LogP contribution is 2.26. The Kier molecular flexibility index (Phi) is 5.59. The number of nitrogens with two attached hydrogens (primary N) is 1. The second-order valence-corrected chi connectivity index (χ2v) is 8.53. The zero-order valence-corrected chi connectivity index (χ0v) is 17.9. The predicted octanol–water partition coefficient (Wildman–Crippen LogP) is 2.36. The van der Waals surface area contributed by atoms with E-state index in [-0.39, 0.29) is 30.0 Å². The van der Waals surface area contributed by atoms with Crippen molar-refractivity contribution in [3.05, 3.63) is 77.5 Å². The molecule has 164 valence electrons. The molecule has 1 fully saturated rings. The molecule has 3 N–H and O–H groups in total. The summed E-state index contributed by atoms with van der Waals surface area (Å²) >= 11 is 0. The van der Waals surface area contributed by atoms with Crippen LogP contribution >= 0.6 is 0 Å². The number of hydrogen-bond acceptors (Lipinski definition) is 6. The molecular formula is C25H27N5O2. The van der Waals surface area contributed by atoms with Crippen LogP contribution in [0.15, 0.2) is 60.7 Å². The number of β-amino-alcohol motifs (C(OH)–C–C–N with tert-alkyl or cyclic N) is 1. The lowest BCUT2D eigenvalue weighted by Crippen LogP contribution is -2.56. The molecule has 5 rings (SSSR count). The molecule has 0 radical (unpaired) electrons. The Hall–Kier alpha value is -3.29. The van der Waals surface area contributed by atoms with Crippen LogP contribution in [0.25, 0.3) is 11.4 Å². The van der Waals surface area contributed by atoms with E-state index in [0.29, 0.717) is 12.4 Å². The largest absolute Gasteiger partial charge is 0.390 e. The Morgan fingerprint density at radius 3 is 2.53 bits per heavy atom. The maximum absolute atomic E-state index is 13.2. The maximum atomic E-state index is 13.2. The summed E-state index contributed by atoms with van der Waals surface area (Å²) in [5, 5.41) is 10.9. The fraction of sp³-hybridized carbons (Fsp3) is 0.320. The monoisotopic (exact) mass is 429 g/mol. The van der Waals surface area contributed by atoms with Crippen molar-refractivity contribution >= 4 is 11.7 Å². The van der Waals surface area contributed by atoms with E-state index in [0.717, 1.165) is 31.5 Å². The standard InChI is InChI=1S/C25H27N5O2/c26-23-14-20(27-24(28-23)18-7-2-1-3-8-18)25(32)30-13-11-21(22(31)16-30)29-12-10-17-6-4-5-9-19(17)15-29/h1-9,14,21-22,31H,10-13,15-16H2,(H2,26,27,28)/t21-,22-/m0/s1. The number of piperidine rings is 1. The van der Waals surface area contributed by atoms with Gasteiger partial charge in [-0.2, -0.15) is 0 Å². The van der Waals surface area contributed by atoms with Crippen molar-refractivity contribution in [1.82, 2.24) is 19.8 Å². The third-order valence-electron chi connectivity index (χ3n) is 6.46. The van der Waals surface area contributed by atoms with Gasteiger partial charge >= 0.3 is 0 Å². The van der Waals surface area contributed by atoms with E-state index >= 15 is 0 Å². The number of aromatic nitrogens is 2. The molecule has 0 aliphatic carbocycles. The molecule has 0 spiro atoms. The minimum atomic E-state index is -0.606. The summed E-state index contributed by atoms with van der Waals surface area (Å²) in [6, 6.07) is 19.5. The normalized spacial score (nSPS) is 21.2. The molecule has 1 aromatic heterocycles. The van der Waals surface area contributed by atoms with Gasteiger partial charge < -0.3 is 15.7 Å². The number of nitrogens with zero attached hydrogens (tertiary/aromatic N) is 4. The fourth-order valence-corrected chi connectivity index (χ4v) is 4.78. The molecule has 2 aliphatic rings. The van der Waals surface area contributed by atoms with E-state index in [1.54, 1.807) is 4.90 Å². The van der Waals surface area contributed by atoms with E-state index in [1.165, 1.54) is 17.2 Å². The molecule has 2 aromatic carbocycles. The van der Waals surface area contributed by atoms with Crippen molar-refractivity contribution in [3.8, 4) is 11.4 Å². The van der Waals surface area contributed by atoms with Crippen LogP contribution in [0.1, 0.15) is 28.0 Å². The molecule has 3 heterocycles. The maximum Gasteiger partial charge on any atom is 0.272 e. The summed E-state index contributed by atoms with van der Waals surface area (Å²) in [4.78, 5) is 26.0. The van der Waals surface area contributed by atoms with Gasteiger partial charge in [-0.1, -0.05) is 54.6 Å². The lowest BCUT2D eigenvalue weighted by Gasteiger charge is -2.43. The van der Waals surface area contributed by atoms with Crippen LogP contribution < -0.4 is 5.73 Å². The summed E-state index contributed by atoms with van der Waals surface area (Å²) in [6.07, 6.45) is 1.11. The number of amides is 1. The minimum absolute atomic E-state index is 0.0442. The number of aliphatic hydroxyl groups excluding tert-OH is 1. The van der Waals surface area contributed by atoms with E-state index in [4.69, 9.17) is 5.73 Å². The van der Waals surface area contributed by atoms with E-state index in [9.17, 15) is 9.90 Å². The third kappa shape index (κ3) is 4.09. The summed E-state index contributed by atoms with van der Waals surface area (Å²) in [7, 11) is 0. The first-order valence-corrected chi connectivity index (χ1v) is 11.1. The molecular weight excluding hydrogens is 402 g/mol. The molecule has 1 amide bonds. The van der Waals surface area contributed by atoms with E-state index in [1.807, 2.05) is 30.3 Å². The van der Waals surface area contributed by atoms with Gasteiger partial charge in [-0.15, -0.1) is 0 Å². The summed E-state index contributed by atoms with van der Waals surface area (Å²) in [5.41, 5.74) is 9.75. The Morgan fingerprint density at radius 2 is 1.75 bits per heavy atom. The van der Waals surface area contributed by atoms with Crippen LogP contribution in [-0.4, -0.2) is 62.6 Å². The number of nitrogen functional groups attached to an aromatic ring is 1. The quantitative estimate of drug-likeness (QED) is 0.664. The van der Waals surface area contributed by atoms with Gasteiger partial charge in [0.2, 0.25) is 0 Å². The molecule has 0 unspecified atom stereocenters. The van der Waals surface area contributed by atoms with Crippen LogP contribution in [0, 0.1) is 0 Å². The minimum Gasteiger partial charge on any atom is -0.390 e. The van der Waals surface area contributed by atoms with E-state index < -0.39 is 6.10 Å². The van der Waals surface area contributed by atoms with Gasteiger partial charge in [0.1, 0.15) is 11.5 Å². The van der Waals surface area contributed by atoms with Gasteiger partial charge in [-0.3, -0.25) is 9.69 Å². The number of likely N-dealkylation sites (tertiary alicyclic amines) is 1. The summed E-state index contributed by atoms with van der Waals surface area (Å²) in [6.45, 7) is 2.62. The number of anilines is 1. The average molecular weight is 430 g/mol. The van der Waals surface area contributed by atoms with Crippen LogP contribution in [0.2, 0.25) is 0 Å². The predicted molar refractivity (Wildman–Crippen MR) is 123 cm³/mol. The van der Waals surface area contributed by atoms with Gasteiger partial charge in [0, 0.05) is 43.9 Å². The number of aliphatic hydroxyl groups is 1. The number of benzene rings is 2. The molecule has 0 saturated carbocycles. The number of rotatable bonds is 3. The molecule has 2 atom stereocenters. The van der Waals surface area contributed by atoms with Crippen LogP contribution in [0.4, 0.5) is 5.82 Å². The highest BCUT2D eigenvalue weighted by atomic mass is 16.3. The molecule has 0 bridgehead atoms. The molecule has 1 saturated heterocycles. The smallest absolute Gasteiger partial charge is 0.272 e. The Labute approximate surface area is 187 Å². The molecule has 32 heavy (non-hydrogen) atoms. The number of fused-ring (bicyclic) bond motifs is 1. The number of carbonyl (C=O) groups excluding carboxylic acids is 1. The van der Waals surface area contributed by atoms with Gasteiger partial charge in [0.05, 0.1) is 6.10 Å². The zero-order valence-electron chi connectivity index (χ0n) is 17.9. The first kappa shape index (κ1) is 20.6. The lowest BCUT2D eigenvalue weighted by atomic mass is 9.94. The van der Waals surface area contributed by atoms with Crippen LogP contribution in [-0.2, 0) is 13.0 Å². The van der Waals surface area contributed by atoms with Crippen molar-refractivity contribution in [1.29, 1.82) is 0 Å². The van der Waals surface area contributed by atoms with Gasteiger partial charge in [-0.25, -0.2) is 9.97 Å². The Bertz CT molecular complexity index is 1120. The van der Waals surface area contributed by atoms with Crippen LogP contribution in [0.3, 0.4) is 0 Å². The van der Waals surface area contributed by atoms with Crippen molar-refractivity contribution in [3.63, 3.8) is 0 Å². The van der Waals surface area contributed by atoms with Crippen molar-refractivity contribution in [2.75, 3.05) is 25.4 Å². The first-order chi connectivity index (χ1) is 15.6. The fourth-order valence-electron chi connectivity index (χ4n) is 4.78. The van der Waals surface area contributed by atoms with Crippen molar-refractivity contribution in [2.24, 2.45) is 0 Å². The molecule has 7 nitrogen and oxygen atoms in total.